The fourth-order valence-corrected chi connectivity index (χ4v) is 5.85. The summed E-state index contributed by atoms with van der Waals surface area (Å²) in [6.45, 7) is 4.67. The van der Waals surface area contributed by atoms with Crippen LogP contribution in [0.4, 0.5) is 13.2 Å². The minimum Gasteiger partial charge on any atom is -0.493 e. The van der Waals surface area contributed by atoms with E-state index in [1.807, 2.05) is 6.92 Å². The molecule has 11 nitrogen and oxygen atoms in total. The fourth-order valence-electron chi connectivity index (χ4n) is 4.50. The normalized spacial score (nSPS) is 25.7. The lowest BCUT2D eigenvalue weighted by Crippen LogP contribution is -2.51. The van der Waals surface area contributed by atoms with Crippen LogP contribution in [0.1, 0.15) is 26.7 Å². The summed E-state index contributed by atoms with van der Waals surface area (Å²) in [7, 11) is 0. The number of hydrogen-bond acceptors (Lipinski definition) is 10. The van der Waals surface area contributed by atoms with Crippen LogP contribution in [0.3, 0.4) is 0 Å². The number of H-pyrrole nitrogens is 1. The second-order valence-corrected chi connectivity index (χ2v) is 9.88. The largest absolute Gasteiger partial charge is 0.573 e. The van der Waals surface area contributed by atoms with E-state index in [1.54, 1.807) is 11.0 Å². The van der Waals surface area contributed by atoms with Gasteiger partial charge in [0.1, 0.15) is 24.2 Å². The highest BCUT2D eigenvalue weighted by Gasteiger charge is 2.49. The van der Waals surface area contributed by atoms with Crippen molar-refractivity contribution in [3.63, 3.8) is 0 Å². The first kappa shape index (κ1) is 25.7. The third-order valence-corrected chi connectivity index (χ3v) is 7.64. The molecule has 2 heterocycles. The van der Waals surface area contributed by atoms with E-state index in [0.717, 1.165) is 6.42 Å². The molecule has 0 amide bonds. The maximum absolute atomic E-state index is 12.5. The first-order valence-corrected chi connectivity index (χ1v) is 12.0. The number of ether oxygens (including phenoxy) is 2. The van der Waals surface area contributed by atoms with E-state index in [1.165, 1.54) is 42.4 Å². The Morgan fingerprint density at radius 2 is 2.03 bits per heavy atom. The lowest BCUT2D eigenvalue weighted by molar-refractivity contribution is -0.274. The van der Waals surface area contributed by atoms with Gasteiger partial charge in [-0.25, -0.2) is 4.98 Å². The summed E-state index contributed by atoms with van der Waals surface area (Å²) in [5.74, 6) is -0.448. The van der Waals surface area contributed by atoms with Gasteiger partial charge in [0, 0.05) is 22.5 Å². The molecule has 0 aliphatic heterocycles. The third kappa shape index (κ3) is 6.06. The van der Waals surface area contributed by atoms with Crippen molar-refractivity contribution in [1.29, 1.82) is 0 Å². The van der Waals surface area contributed by atoms with E-state index in [2.05, 4.69) is 47.5 Å². The van der Waals surface area contributed by atoms with Crippen LogP contribution in [0.2, 0.25) is 0 Å². The maximum Gasteiger partial charge on any atom is 0.573 e. The molecular weight excluding hydrogens is 501 g/mol. The number of aromatic nitrogens is 7. The van der Waals surface area contributed by atoms with Gasteiger partial charge >= 0.3 is 6.36 Å². The predicted octanol–water partition coefficient (Wildman–Crippen LogP) is 3.81. The molecule has 4 atom stereocenters. The molecule has 1 aromatic carbocycles. The number of rotatable bonds is 9. The van der Waals surface area contributed by atoms with Gasteiger partial charge in [-0.15, -0.1) is 23.4 Å². The van der Waals surface area contributed by atoms with Crippen molar-refractivity contribution >= 4 is 17.5 Å². The van der Waals surface area contributed by atoms with E-state index < -0.39 is 11.8 Å². The molecule has 0 saturated heterocycles. The molecule has 2 aromatic heterocycles. The zero-order valence-electron chi connectivity index (χ0n) is 19.5. The third-order valence-electron chi connectivity index (χ3n) is 6.44. The lowest BCUT2D eigenvalue weighted by atomic mass is 9.63. The molecule has 1 fully saturated rings. The van der Waals surface area contributed by atoms with Crippen LogP contribution >= 0.6 is 11.8 Å². The minimum atomic E-state index is -4.77. The van der Waals surface area contributed by atoms with Crippen LogP contribution in [0, 0.1) is 17.3 Å². The van der Waals surface area contributed by atoms with E-state index in [4.69, 9.17) is 4.74 Å². The van der Waals surface area contributed by atoms with Gasteiger partial charge in [-0.05, 0) is 42.3 Å². The van der Waals surface area contributed by atoms with Crippen LogP contribution in [0.15, 0.2) is 47.2 Å². The van der Waals surface area contributed by atoms with Crippen molar-refractivity contribution in [2.24, 2.45) is 22.4 Å². The Labute approximate surface area is 208 Å². The van der Waals surface area contributed by atoms with Gasteiger partial charge in [-0.1, -0.05) is 30.8 Å². The van der Waals surface area contributed by atoms with Crippen molar-refractivity contribution in [2.45, 2.75) is 50.0 Å². The number of tetrazole rings is 1. The van der Waals surface area contributed by atoms with Gasteiger partial charge in [0.25, 0.3) is 0 Å². The fraction of sp³-hybridized carbons (Fsp3) is 0.524. The number of benzene rings is 1. The molecule has 0 spiro atoms. The average molecular weight is 527 g/mol. The van der Waals surface area contributed by atoms with Gasteiger partial charge in [0.2, 0.25) is 5.16 Å². The molecule has 1 aliphatic carbocycles. The summed E-state index contributed by atoms with van der Waals surface area (Å²) in [5.41, 5.74) is 0.224. The van der Waals surface area contributed by atoms with Crippen LogP contribution in [-0.4, -0.2) is 64.5 Å². The highest BCUT2D eigenvalue weighted by Crippen LogP contribution is 2.48. The monoisotopic (exact) mass is 526 g/mol. The Morgan fingerprint density at radius 1 is 1.28 bits per heavy atom. The predicted molar refractivity (Wildman–Crippen MR) is 122 cm³/mol. The Bertz CT molecular complexity index is 1130. The summed E-state index contributed by atoms with van der Waals surface area (Å²) < 4.78 is 49.1. The molecule has 1 saturated carbocycles. The molecule has 0 radical (unpaired) electrons. The first-order valence-electron chi connectivity index (χ1n) is 11.1. The summed E-state index contributed by atoms with van der Waals surface area (Å²) in [4.78, 5) is 4.02. The van der Waals surface area contributed by atoms with Crippen molar-refractivity contribution in [3.05, 3.63) is 36.9 Å². The SMILES string of the molecule is CCC1(C)CC(Sc2nn[nH]n2)C(COc2ccc(OC(F)(F)F)cc2)C(Cn2cncn2)C1=NO. The second-order valence-electron chi connectivity index (χ2n) is 8.67. The van der Waals surface area contributed by atoms with Crippen molar-refractivity contribution in [2.75, 3.05) is 6.61 Å². The van der Waals surface area contributed by atoms with E-state index in [0.29, 0.717) is 29.6 Å². The molecular formula is C21H25F3N8O3S. The molecule has 4 unspecified atom stereocenters. The van der Waals surface area contributed by atoms with Gasteiger partial charge in [-0.2, -0.15) is 10.3 Å². The Hall–Kier alpha value is -3.36. The molecule has 1 aliphatic rings. The first-order chi connectivity index (χ1) is 17.2. The maximum atomic E-state index is 12.5. The number of halogens is 3. The molecule has 36 heavy (non-hydrogen) atoms. The highest BCUT2D eigenvalue weighted by atomic mass is 32.2. The van der Waals surface area contributed by atoms with E-state index >= 15 is 0 Å². The lowest BCUT2D eigenvalue weighted by Gasteiger charge is -2.46. The summed E-state index contributed by atoms with van der Waals surface area (Å²) >= 11 is 1.45. The number of nitrogens with zero attached hydrogens (tertiary/aromatic N) is 7. The zero-order valence-corrected chi connectivity index (χ0v) is 20.3. The smallest absolute Gasteiger partial charge is 0.493 e. The Kier molecular flexibility index (Phi) is 7.66. The number of oxime groups is 1. The average Bonchev–Trinajstić information content (AvgIpc) is 3.53. The van der Waals surface area contributed by atoms with Crippen LogP contribution in [0.5, 0.6) is 11.5 Å². The van der Waals surface area contributed by atoms with Crippen LogP contribution in [-0.2, 0) is 6.54 Å². The standard InChI is InChI=1S/C21H25F3N8O3S/c1-3-20(2)8-17(36-19-27-30-31-28-19)16(15(18(20)29-33)9-32-12-25-11-26-32)10-34-13-4-6-14(7-5-13)35-21(22,23)24/h4-7,11-12,15-17,33H,3,8-10H2,1-2H3,(H,27,28,30,31). The van der Waals surface area contributed by atoms with Crippen LogP contribution < -0.4 is 9.47 Å². The number of alkyl halides is 3. The summed E-state index contributed by atoms with van der Waals surface area (Å²) in [6, 6.07) is 5.21. The molecule has 0 bridgehead atoms. The highest BCUT2D eigenvalue weighted by molar-refractivity contribution is 7.99. The van der Waals surface area contributed by atoms with Gasteiger partial charge in [0.05, 0.1) is 18.9 Å². The van der Waals surface area contributed by atoms with Crippen LogP contribution in [0.25, 0.3) is 0 Å². The molecule has 15 heteroatoms. The van der Waals surface area contributed by atoms with Gasteiger partial charge < -0.3 is 14.7 Å². The second kappa shape index (κ2) is 10.7. The molecule has 3 aromatic rings. The summed E-state index contributed by atoms with van der Waals surface area (Å²) in [5, 5.41) is 32.7. The zero-order chi connectivity index (χ0) is 25.8. The van der Waals surface area contributed by atoms with Gasteiger partial charge in [0.15, 0.2) is 0 Å². The number of thioether (sulfide) groups is 1. The topological polar surface area (TPSA) is 136 Å². The van der Waals surface area contributed by atoms with Crippen molar-refractivity contribution < 1.29 is 27.9 Å². The summed E-state index contributed by atoms with van der Waals surface area (Å²) in [6.07, 6.45) is -0.366. The molecule has 194 valence electrons. The Balaban J connectivity index is 1.61. The van der Waals surface area contributed by atoms with Crippen molar-refractivity contribution in [3.8, 4) is 11.5 Å². The van der Waals surface area contributed by atoms with E-state index in [9.17, 15) is 18.4 Å². The number of aromatic amines is 1. The number of hydrogen-bond donors (Lipinski definition) is 2. The van der Waals surface area contributed by atoms with Gasteiger partial charge in [-0.3, -0.25) is 4.68 Å². The Morgan fingerprint density at radius 3 is 2.61 bits per heavy atom. The van der Waals surface area contributed by atoms with E-state index in [-0.39, 0.29) is 29.4 Å². The minimum absolute atomic E-state index is 0.0561. The molecule has 2 N–H and O–H groups in total. The number of nitrogens with one attached hydrogen (secondary N) is 1. The quantitative estimate of drug-likeness (QED) is 0.315. The molecule has 4 rings (SSSR count). The van der Waals surface area contributed by atoms with Crippen molar-refractivity contribution in [1.82, 2.24) is 35.4 Å².